The summed E-state index contributed by atoms with van der Waals surface area (Å²) in [6, 6.07) is 25.8. The minimum Gasteiger partial charge on any atom is -0.392 e. The highest BCUT2D eigenvalue weighted by atomic mass is 35.5. The van der Waals surface area contributed by atoms with Crippen molar-refractivity contribution in [1.29, 1.82) is 0 Å². The van der Waals surface area contributed by atoms with Gasteiger partial charge in [-0.3, -0.25) is 18.7 Å². The second-order valence-electron chi connectivity index (χ2n) is 12.5. The lowest BCUT2D eigenvalue weighted by Gasteiger charge is -2.10. The number of hydrogen-bond acceptors (Lipinski definition) is 14. The predicted octanol–water partition coefficient (Wildman–Crippen LogP) is 9.78. The molecule has 8 rings (SSSR count). The number of sulfone groups is 1. The van der Waals surface area contributed by atoms with E-state index in [1.807, 2.05) is 80.6 Å². The minimum atomic E-state index is -3.48. The van der Waals surface area contributed by atoms with Crippen molar-refractivity contribution < 1.29 is 18.6 Å². The Morgan fingerprint density at radius 2 is 1.16 bits per heavy atom. The first-order valence-corrected chi connectivity index (χ1v) is 22.8. The summed E-state index contributed by atoms with van der Waals surface area (Å²) < 4.78 is 28.0. The molecule has 4 aromatic carbocycles. The summed E-state index contributed by atoms with van der Waals surface area (Å²) in [5.41, 5.74) is 4.64. The second-order valence-corrected chi connectivity index (χ2v) is 19.6. The number of rotatable bonds is 8. The molecule has 61 heavy (non-hydrogen) atoms. The fourth-order valence-corrected chi connectivity index (χ4v) is 10.5. The topological polar surface area (TPSA) is 170 Å². The molecule has 0 amide bonds. The van der Waals surface area contributed by atoms with Gasteiger partial charge in [0.2, 0.25) is 14.2 Å². The summed E-state index contributed by atoms with van der Waals surface area (Å²) in [6.45, 7) is 5.38. The molecule has 0 aliphatic heterocycles. The van der Waals surface area contributed by atoms with E-state index < -0.39 is 9.84 Å². The molecule has 0 bridgehead atoms. The lowest BCUT2D eigenvalue weighted by Crippen LogP contribution is -2.19. The van der Waals surface area contributed by atoms with Crippen LogP contribution in [0.2, 0.25) is 10.0 Å². The molecule has 8 aromatic rings. The molecule has 4 heterocycles. The zero-order valence-corrected chi connectivity index (χ0v) is 37.1. The molecule has 12 nitrogen and oxygen atoms in total. The normalized spacial score (nSPS) is 10.9. The second kappa shape index (κ2) is 21.6. The number of benzene rings is 4. The van der Waals surface area contributed by atoms with Gasteiger partial charge < -0.3 is 10.2 Å². The van der Waals surface area contributed by atoms with Gasteiger partial charge in [-0.2, -0.15) is 0 Å². The van der Waals surface area contributed by atoms with Crippen molar-refractivity contribution in [2.45, 2.75) is 67.3 Å². The quantitative estimate of drug-likeness (QED) is 0.124. The van der Waals surface area contributed by atoms with E-state index in [2.05, 4.69) is 32.6 Å². The molecular weight excluding hydrogens is 916 g/mol. The number of halogens is 2. The molecule has 0 aliphatic rings. The molecular formula is C42H42Cl2N6O6S5. The summed E-state index contributed by atoms with van der Waals surface area (Å²) in [7, 11) is -3.48. The number of thiol groups is 1. The van der Waals surface area contributed by atoms with Crippen molar-refractivity contribution in [2.75, 3.05) is 5.75 Å². The maximum atomic E-state index is 13.0. The summed E-state index contributed by atoms with van der Waals surface area (Å²) in [5, 5.41) is 18.7. The molecule has 0 spiro atoms. The molecule has 4 aromatic heterocycles. The van der Waals surface area contributed by atoms with Crippen LogP contribution in [0.25, 0.3) is 32.1 Å². The third kappa shape index (κ3) is 11.3. The molecule has 0 radical (unpaired) electrons. The van der Waals surface area contributed by atoms with Crippen LogP contribution >= 0.6 is 70.3 Å². The standard InChI is InChI=1S/C19H14ClN3O2S2.C14H12ClN3O3S2.C7H8OS.2CH4/c1-11-3-2-4-14(20)15(11)23-10-21-17-16(18(23)25)27-19(22-17)26-13-7-5-12(9-24)6-8-13;1-3-23(20,21)14-17-12-11(22-14)13(19)18(7-16-12)10-8(2)5-4-6-9(10)15;8-5-6-1-3-7(9)4-2-6;;/h2-8,10,24H,9H2,1H3;4-7H,3H2,1-2H3;1-4,8-9H,5H2;2*1H4. The average Bonchev–Trinajstić information content (AvgIpc) is 3.87. The van der Waals surface area contributed by atoms with E-state index in [1.54, 1.807) is 18.2 Å². The Morgan fingerprint density at radius 3 is 1.62 bits per heavy atom. The fraction of sp³-hybridized carbons (Fsp3) is 0.190. The van der Waals surface area contributed by atoms with Gasteiger partial charge in [0.1, 0.15) is 22.1 Å². The first-order valence-electron chi connectivity index (χ1n) is 17.5. The third-order valence-corrected chi connectivity index (χ3v) is 14.8. The van der Waals surface area contributed by atoms with Crippen LogP contribution in [0.3, 0.4) is 0 Å². The largest absolute Gasteiger partial charge is 0.392 e. The lowest BCUT2D eigenvalue weighted by atomic mass is 10.2. The van der Waals surface area contributed by atoms with Crippen LogP contribution in [0, 0.1) is 13.8 Å². The number of nitrogens with zero attached hydrogens (tertiary/aromatic N) is 6. The highest BCUT2D eigenvalue weighted by Gasteiger charge is 2.21. The number of aliphatic hydroxyl groups is 2. The van der Waals surface area contributed by atoms with E-state index in [4.69, 9.17) is 33.4 Å². The summed E-state index contributed by atoms with van der Waals surface area (Å²) in [4.78, 5) is 44.5. The van der Waals surface area contributed by atoms with Crippen LogP contribution in [0.15, 0.2) is 126 Å². The van der Waals surface area contributed by atoms with Gasteiger partial charge in [-0.15, -0.1) is 12.6 Å². The first kappa shape index (κ1) is 49.2. The number of para-hydroxylation sites is 2. The molecule has 0 unspecified atom stereocenters. The average molecular weight is 958 g/mol. The SMILES string of the molecule is C.C.CCS(=O)(=O)c1nc2ncn(-c3c(C)cccc3Cl)c(=O)c2s1.Cc1cccc(Cl)c1-n1cnc2nc(Sc3ccc(CO)cc3)sc2c1=O.OCc1ccc(S)cc1. The van der Waals surface area contributed by atoms with Crippen molar-refractivity contribution >= 4 is 101 Å². The smallest absolute Gasteiger partial charge is 0.277 e. The number of aromatic nitrogens is 6. The molecule has 0 aliphatic carbocycles. The fourth-order valence-electron chi connectivity index (χ4n) is 5.43. The van der Waals surface area contributed by atoms with Crippen LogP contribution in [0.5, 0.6) is 0 Å². The van der Waals surface area contributed by atoms with Gasteiger partial charge in [0.15, 0.2) is 15.6 Å². The van der Waals surface area contributed by atoms with Crippen molar-refractivity contribution in [2.24, 2.45) is 0 Å². The van der Waals surface area contributed by atoms with Crippen molar-refractivity contribution in [3.63, 3.8) is 0 Å². The summed E-state index contributed by atoms with van der Waals surface area (Å²) >= 11 is 20.2. The molecule has 2 N–H and O–H groups in total. The molecule has 320 valence electrons. The van der Waals surface area contributed by atoms with E-state index in [-0.39, 0.29) is 59.6 Å². The van der Waals surface area contributed by atoms with Crippen LogP contribution in [0.1, 0.15) is 44.0 Å². The van der Waals surface area contributed by atoms with E-state index in [0.29, 0.717) is 31.8 Å². The maximum absolute atomic E-state index is 13.0. The zero-order valence-electron chi connectivity index (χ0n) is 31.4. The van der Waals surface area contributed by atoms with Crippen LogP contribution in [0.4, 0.5) is 0 Å². The Bertz CT molecular complexity index is 2970. The molecule has 0 saturated heterocycles. The molecule has 0 saturated carbocycles. The third-order valence-electron chi connectivity index (χ3n) is 8.53. The first-order chi connectivity index (χ1) is 28.2. The van der Waals surface area contributed by atoms with Gasteiger partial charge in [0.05, 0.1) is 40.4 Å². The number of aryl methyl sites for hydroxylation is 2. The summed E-state index contributed by atoms with van der Waals surface area (Å²) in [6.07, 6.45) is 2.80. The lowest BCUT2D eigenvalue weighted by molar-refractivity contribution is 0.281. The number of hydrogen-bond donors (Lipinski definition) is 3. The molecule has 19 heteroatoms. The van der Waals surface area contributed by atoms with E-state index in [1.165, 1.54) is 51.8 Å². The Balaban J connectivity index is 0.000000219. The van der Waals surface area contributed by atoms with Gasteiger partial charge in [0, 0.05) is 9.79 Å². The van der Waals surface area contributed by atoms with Crippen molar-refractivity contribution in [3.8, 4) is 11.4 Å². The number of fused-ring (bicyclic) bond motifs is 2. The van der Waals surface area contributed by atoms with E-state index >= 15 is 0 Å². The highest BCUT2D eigenvalue weighted by Crippen LogP contribution is 2.33. The number of thiazole rings is 2. The Labute approximate surface area is 380 Å². The van der Waals surface area contributed by atoms with Crippen LogP contribution in [-0.4, -0.2) is 53.5 Å². The van der Waals surface area contributed by atoms with Gasteiger partial charge in [-0.25, -0.2) is 28.4 Å². The van der Waals surface area contributed by atoms with Gasteiger partial charge in [0.25, 0.3) is 11.1 Å². The van der Waals surface area contributed by atoms with Crippen LogP contribution in [-0.2, 0) is 23.1 Å². The van der Waals surface area contributed by atoms with Crippen molar-refractivity contribution in [3.05, 3.63) is 151 Å². The van der Waals surface area contributed by atoms with Gasteiger partial charge >= 0.3 is 0 Å². The minimum absolute atomic E-state index is 0. The number of aliphatic hydroxyl groups excluding tert-OH is 2. The zero-order chi connectivity index (χ0) is 42.4. The monoisotopic (exact) mass is 956 g/mol. The van der Waals surface area contributed by atoms with Gasteiger partial charge in [-0.1, -0.05) is 128 Å². The van der Waals surface area contributed by atoms with Crippen LogP contribution < -0.4 is 11.1 Å². The van der Waals surface area contributed by atoms with E-state index in [0.717, 1.165) is 47.7 Å². The van der Waals surface area contributed by atoms with E-state index in [9.17, 15) is 18.0 Å². The van der Waals surface area contributed by atoms with Gasteiger partial charge in [-0.05, 0) is 72.5 Å². The predicted molar refractivity (Wildman–Crippen MR) is 253 cm³/mol. The molecule has 0 fully saturated rings. The molecule has 0 atom stereocenters. The highest BCUT2D eigenvalue weighted by molar-refractivity contribution is 8.01. The maximum Gasteiger partial charge on any atom is 0.277 e. The van der Waals surface area contributed by atoms with Crippen molar-refractivity contribution in [1.82, 2.24) is 29.1 Å². The summed E-state index contributed by atoms with van der Waals surface area (Å²) in [5.74, 6) is -0.0787. The Morgan fingerprint density at radius 1 is 0.705 bits per heavy atom. The Hall–Kier alpha value is -4.43. The Kier molecular flexibility index (Phi) is 17.4.